The van der Waals surface area contributed by atoms with Crippen LogP contribution in [-0.4, -0.2) is 18.7 Å². The van der Waals surface area contributed by atoms with Crippen LogP contribution < -0.4 is 4.72 Å². The lowest BCUT2D eigenvalue weighted by Crippen LogP contribution is -2.30. The third kappa shape index (κ3) is 3.53. The first kappa shape index (κ1) is 13.6. The average molecular weight is 327 g/mol. The van der Waals surface area contributed by atoms with Crippen molar-refractivity contribution in [3.05, 3.63) is 10.7 Å². The van der Waals surface area contributed by atoms with E-state index in [1.807, 2.05) is 18.6 Å². The van der Waals surface area contributed by atoms with E-state index >= 15 is 0 Å². The first-order chi connectivity index (χ1) is 7.33. The molecule has 0 aromatic carbocycles. The molecular formula is C8H11BrN2O3S2. The molecule has 1 heterocycles. The molecule has 0 atom stereocenters. The van der Waals surface area contributed by atoms with Gasteiger partial charge in [-0.3, -0.25) is 4.79 Å². The van der Waals surface area contributed by atoms with Gasteiger partial charge in [0.25, 0.3) is 10.0 Å². The molecule has 1 amide bonds. The number of nitrogens with one attached hydrogen (secondary N) is 1. The molecule has 1 N–H and O–H groups in total. The highest BCUT2D eigenvalue weighted by molar-refractivity contribution is 9.10. The van der Waals surface area contributed by atoms with Crippen molar-refractivity contribution in [1.29, 1.82) is 0 Å². The summed E-state index contributed by atoms with van der Waals surface area (Å²) < 4.78 is 29.5. The number of nitrogens with zero attached hydrogens (tertiary/aromatic N) is 1. The molecule has 0 aliphatic heterocycles. The van der Waals surface area contributed by atoms with Crippen LogP contribution in [0.25, 0.3) is 0 Å². The zero-order chi connectivity index (χ0) is 12.3. The van der Waals surface area contributed by atoms with Gasteiger partial charge in [-0.15, -0.1) is 0 Å². The standard InChI is InChI=1S/C8H11BrN2O3S2/c1-5(2)3-7(12)11-16(13,14)8-6(9)4-10-15-8/h4-5H,3H2,1-2H3,(H,11,12). The van der Waals surface area contributed by atoms with E-state index in [2.05, 4.69) is 20.3 Å². The monoisotopic (exact) mass is 326 g/mol. The minimum absolute atomic E-state index is 0.0182. The van der Waals surface area contributed by atoms with Crippen molar-refractivity contribution in [3.8, 4) is 0 Å². The molecule has 1 aromatic rings. The summed E-state index contributed by atoms with van der Waals surface area (Å²) in [6, 6.07) is 0. The first-order valence-corrected chi connectivity index (χ1v) is 7.53. The highest BCUT2D eigenvalue weighted by Crippen LogP contribution is 2.24. The summed E-state index contributed by atoms with van der Waals surface area (Å²) in [5.74, 6) is -0.393. The molecule has 0 spiro atoms. The molecule has 1 aromatic heterocycles. The number of hydrogen-bond acceptors (Lipinski definition) is 5. The van der Waals surface area contributed by atoms with Crippen LogP contribution >= 0.6 is 27.5 Å². The third-order valence-electron chi connectivity index (χ3n) is 1.58. The Kier molecular flexibility index (Phi) is 4.45. The molecule has 16 heavy (non-hydrogen) atoms. The number of sulfonamides is 1. The van der Waals surface area contributed by atoms with Gasteiger partial charge >= 0.3 is 0 Å². The molecule has 90 valence electrons. The van der Waals surface area contributed by atoms with Crippen LogP contribution in [0.4, 0.5) is 0 Å². The van der Waals surface area contributed by atoms with Gasteiger partial charge in [-0.2, -0.15) is 4.37 Å². The Morgan fingerprint density at radius 2 is 2.25 bits per heavy atom. The topological polar surface area (TPSA) is 76.1 Å². The van der Waals surface area contributed by atoms with Crippen molar-refractivity contribution in [1.82, 2.24) is 9.10 Å². The Morgan fingerprint density at radius 1 is 1.62 bits per heavy atom. The highest BCUT2D eigenvalue weighted by Gasteiger charge is 2.22. The summed E-state index contributed by atoms with van der Waals surface area (Å²) in [5, 5.41) is 0. The molecule has 0 bridgehead atoms. The summed E-state index contributed by atoms with van der Waals surface area (Å²) in [6.45, 7) is 3.68. The SMILES string of the molecule is CC(C)CC(=O)NS(=O)(=O)c1sncc1Br. The van der Waals surface area contributed by atoms with Gasteiger partial charge in [0.2, 0.25) is 5.91 Å². The van der Waals surface area contributed by atoms with Gasteiger partial charge in [0.05, 0.1) is 10.7 Å². The van der Waals surface area contributed by atoms with E-state index in [1.54, 1.807) is 0 Å². The largest absolute Gasteiger partial charge is 0.276 e. The van der Waals surface area contributed by atoms with E-state index in [9.17, 15) is 13.2 Å². The van der Waals surface area contributed by atoms with Gasteiger partial charge < -0.3 is 0 Å². The van der Waals surface area contributed by atoms with Crippen molar-refractivity contribution in [2.45, 2.75) is 24.5 Å². The smallest absolute Gasteiger partial charge is 0.274 e. The van der Waals surface area contributed by atoms with Gasteiger partial charge in [0.1, 0.15) is 0 Å². The van der Waals surface area contributed by atoms with Gasteiger partial charge in [0.15, 0.2) is 4.21 Å². The molecular weight excluding hydrogens is 316 g/mol. The highest BCUT2D eigenvalue weighted by atomic mass is 79.9. The van der Waals surface area contributed by atoms with Gasteiger partial charge in [0, 0.05) is 6.42 Å². The Morgan fingerprint density at radius 3 is 2.69 bits per heavy atom. The summed E-state index contributed by atoms with van der Waals surface area (Å²) in [6.07, 6.45) is 1.56. The minimum atomic E-state index is -3.78. The van der Waals surface area contributed by atoms with Crippen LogP contribution in [0.3, 0.4) is 0 Å². The lowest BCUT2D eigenvalue weighted by Gasteiger charge is -2.06. The van der Waals surface area contributed by atoms with Crippen LogP contribution in [0.2, 0.25) is 0 Å². The minimum Gasteiger partial charge on any atom is -0.274 e. The van der Waals surface area contributed by atoms with Crippen LogP contribution in [0.15, 0.2) is 14.9 Å². The Bertz CT molecular complexity index is 481. The van der Waals surface area contributed by atoms with Crippen molar-refractivity contribution in [2.24, 2.45) is 5.92 Å². The molecule has 0 aliphatic rings. The molecule has 5 nitrogen and oxygen atoms in total. The molecule has 0 radical (unpaired) electrons. The van der Waals surface area contributed by atoms with Gasteiger partial charge in [-0.25, -0.2) is 13.1 Å². The Hall–Kier alpha value is -0.470. The quantitative estimate of drug-likeness (QED) is 0.914. The summed E-state index contributed by atoms with van der Waals surface area (Å²) in [7, 11) is -3.78. The Labute approximate surface area is 107 Å². The fourth-order valence-electron chi connectivity index (χ4n) is 1.00. The predicted octanol–water partition coefficient (Wildman–Crippen LogP) is 1.76. The fraction of sp³-hybridized carbons (Fsp3) is 0.500. The van der Waals surface area contributed by atoms with Crippen molar-refractivity contribution < 1.29 is 13.2 Å². The number of hydrogen-bond donors (Lipinski definition) is 1. The fourth-order valence-corrected chi connectivity index (χ4v) is 3.92. The van der Waals surface area contributed by atoms with Gasteiger partial charge in [-0.1, -0.05) is 13.8 Å². The molecule has 8 heteroatoms. The van der Waals surface area contributed by atoms with Crippen LogP contribution in [0.5, 0.6) is 0 Å². The Balaban J connectivity index is 2.81. The van der Waals surface area contributed by atoms with E-state index in [1.165, 1.54) is 6.20 Å². The normalized spacial score (nSPS) is 11.8. The predicted molar refractivity (Wildman–Crippen MR) is 64.6 cm³/mol. The van der Waals surface area contributed by atoms with E-state index in [0.29, 0.717) is 4.47 Å². The number of rotatable bonds is 4. The molecule has 0 saturated carbocycles. The van der Waals surface area contributed by atoms with E-state index in [0.717, 1.165) is 11.5 Å². The zero-order valence-electron chi connectivity index (χ0n) is 8.73. The van der Waals surface area contributed by atoms with Crippen molar-refractivity contribution >= 4 is 43.4 Å². The average Bonchev–Trinajstić information content (AvgIpc) is 2.48. The van der Waals surface area contributed by atoms with Crippen molar-refractivity contribution in [3.63, 3.8) is 0 Å². The number of carbonyl (C=O) groups excluding carboxylic acids is 1. The first-order valence-electron chi connectivity index (χ1n) is 4.48. The van der Waals surface area contributed by atoms with E-state index in [4.69, 9.17) is 0 Å². The molecule has 0 aliphatic carbocycles. The summed E-state index contributed by atoms with van der Waals surface area (Å²) >= 11 is 3.88. The maximum Gasteiger partial charge on any atom is 0.276 e. The number of halogens is 1. The molecule has 1 rings (SSSR count). The van der Waals surface area contributed by atoms with E-state index in [-0.39, 0.29) is 16.5 Å². The van der Waals surface area contributed by atoms with Crippen LogP contribution in [0, 0.1) is 5.92 Å². The maximum atomic E-state index is 11.7. The van der Waals surface area contributed by atoms with Crippen molar-refractivity contribution in [2.75, 3.05) is 0 Å². The zero-order valence-corrected chi connectivity index (χ0v) is 11.9. The molecule has 0 unspecified atom stereocenters. The third-order valence-corrected chi connectivity index (χ3v) is 5.39. The summed E-state index contributed by atoms with van der Waals surface area (Å²) in [4.78, 5) is 11.4. The second kappa shape index (κ2) is 5.24. The van der Waals surface area contributed by atoms with Crippen LogP contribution in [0.1, 0.15) is 20.3 Å². The molecule has 0 fully saturated rings. The lowest BCUT2D eigenvalue weighted by atomic mass is 10.1. The lowest BCUT2D eigenvalue weighted by molar-refractivity contribution is -0.120. The van der Waals surface area contributed by atoms with E-state index < -0.39 is 15.9 Å². The number of amides is 1. The molecule has 0 saturated heterocycles. The summed E-state index contributed by atoms with van der Waals surface area (Å²) in [5.41, 5.74) is 0. The second-order valence-corrected chi connectivity index (χ2v) is 7.12. The van der Waals surface area contributed by atoms with Crippen LogP contribution in [-0.2, 0) is 14.8 Å². The second-order valence-electron chi connectivity index (χ2n) is 3.59. The number of carbonyl (C=O) groups is 1. The number of aromatic nitrogens is 1. The maximum absolute atomic E-state index is 11.7. The van der Waals surface area contributed by atoms with Gasteiger partial charge in [-0.05, 0) is 33.4 Å².